The van der Waals surface area contributed by atoms with E-state index in [-0.39, 0.29) is 0 Å². The molecule has 20 heavy (non-hydrogen) atoms. The van der Waals surface area contributed by atoms with Crippen LogP contribution < -0.4 is 5.73 Å². The van der Waals surface area contributed by atoms with Gasteiger partial charge in [0.25, 0.3) is 0 Å². The number of aryl methyl sites for hydroxylation is 2. The van der Waals surface area contributed by atoms with Gasteiger partial charge in [0, 0.05) is 15.4 Å². The molecule has 1 heterocycles. The number of rotatable bonds is 1. The number of fused-ring (bicyclic) bond motifs is 1. The zero-order valence-corrected chi connectivity index (χ0v) is 12.9. The van der Waals surface area contributed by atoms with Gasteiger partial charge in [0.2, 0.25) is 0 Å². The number of nitrogen functional groups attached to an aromatic ring is 1. The first-order valence-corrected chi connectivity index (χ1v) is 7.15. The van der Waals surface area contributed by atoms with E-state index in [0.717, 1.165) is 32.1 Å². The molecule has 100 valence electrons. The molecule has 0 radical (unpaired) electrons. The van der Waals surface area contributed by atoms with Crippen molar-refractivity contribution in [2.45, 2.75) is 13.8 Å². The highest BCUT2D eigenvalue weighted by Crippen LogP contribution is 2.29. The molecule has 0 unspecified atom stereocenters. The van der Waals surface area contributed by atoms with E-state index in [1.807, 2.05) is 24.3 Å². The molecule has 0 saturated carbocycles. The summed E-state index contributed by atoms with van der Waals surface area (Å²) in [6.45, 7) is 4.13. The number of anilines is 1. The molecule has 2 N–H and O–H groups in total. The van der Waals surface area contributed by atoms with E-state index >= 15 is 0 Å². The van der Waals surface area contributed by atoms with Crippen molar-refractivity contribution in [3.05, 3.63) is 52.0 Å². The number of aromatic nitrogens is 2. The molecule has 0 aliphatic carbocycles. The van der Waals surface area contributed by atoms with Gasteiger partial charge in [0.15, 0.2) is 5.82 Å². The van der Waals surface area contributed by atoms with Gasteiger partial charge >= 0.3 is 0 Å². The molecule has 0 spiro atoms. The molecular formula is C16H14BrN3. The Bertz CT molecular complexity index is 792. The number of benzene rings is 2. The summed E-state index contributed by atoms with van der Waals surface area (Å²) in [6.07, 6.45) is 0. The third kappa shape index (κ3) is 2.16. The molecule has 1 aromatic heterocycles. The van der Waals surface area contributed by atoms with Crippen LogP contribution in [-0.2, 0) is 0 Å². The highest BCUT2D eigenvalue weighted by molar-refractivity contribution is 9.10. The SMILES string of the molecule is Cc1cccc(C)c1-c1nc(N)c2cc(Br)ccc2n1. The summed E-state index contributed by atoms with van der Waals surface area (Å²) in [6, 6.07) is 12.0. The van der Waals surface area contributed by atoms with E-state index in [2.05, 4.69) is 51.9 Å². The monoisotopic (exact) mass is 327 g/mol. The lowest BCUT2D eigenvalue weighted by Gasteiger charge is -2.10. The number of hydrogen-bond donors (Lipinski definition) is 1. The number of halogens is 1. The summed E-state index contributed by atoms with van der Waals surface area (Å²) in [5.74, 6) is 1.20. The maximum absolute atomic E-state index is 6.09. The predicted molar refractivity (Wildman–Crippen MR) is 86.6 cm³/mol. The smallest absolute Gasteiger partial charge is 0.162 e. The molecule has 3 nitrogen and oxygen atoms in total. The zero-order chi connectivity index (χ0) is 14.3. The van der Waals surface area contributed by atoms with Gasteiger partial charge in [-0.15, -0.1) is 0 Å². The minimum absolute atomic E-state index is 0.508. The van der Waals surface area contributed by atoms with E-state index in [4.69, 9.17) is 5.73 Å². The number of nitrogens with two attached hydrogens (primary N) is 1. The predicted octanol–water partition coefficient (Wildman–Crippen LogP) is 4.26. The molecule has 3 aromatic rings. The van der Waals surface area contributed by atoms with Crippen molar-refractivity contribution in [3.8, 4) is 11.4 Å². The van der Waals surface area contributed by atoms with Gasteiger partial charge in [-0.25, -0.2) is 9.97 Å². The minimum atomic E-state index is 0.508. The Morgan fingerprint density at radius 3 is 2.40 bits per heavy atom. The van der Waals surface area contributed by atoms with E-state index in [9.17, 15) is 0 Å². The molecule has 0 fully saturated rings. The van der Waals surface area contributed by atoms with Crippen LogP contribution in [-0.4, -0.2) is 9.97 Å². The molecule has 0 amide bonds. The van der Waals surface area contributed by atoms with Crippen LogP contribution >= 0.6 is 15.9 Å². The first kappa shape index (κ1) is 13.1. The first-order valence-electron chi connectivity index (χ1n) is 6.35. The summed E-state index contributed by atoms with van der Waals surface area (Å²) in [7, 11) is 0. The van der Waals surface area contributed by atoms with Crippen molar-refractivity contribution < 1.29 is 0 Å². The van der Waals surface area contributed by atoms with Gasteiger partial charge in [-0.3, -0.25) is 0 Å². The first-order chi connectivity index (χ1) is 9.56. The second-order valence-electron chi connectivity index (χ2n) is 4.86. The zero-order valence-electron chi connectivity index (χ0n) is 11.3. The minimum Gasteiger partial charge on any atom is -0.383 e. The van der Waals surface area contributed by atoms with Crippen molar-refractivity contribution in [2.75, 3.05) is 5.73 Å². The van der Waals surface area contributed by atoms with Crippen LogP contribution in [0.5, 0.6) is 0 Å². The fourth-order valence-corrected chi connectivity index (χ4v) is 2.76. The molecular weight excluding hydrogens is 314 g/mol. The molecule has 0 bridgehead atoms. The van der Waals surface area contributed by atoms with Gasteiger partial charge in [-0.1, -0.05) is 34.1 Å². The fourth-order valence-electron chi connectivity index (χ4n) is 2.40. The lowest BCUT2D eigenvalue weighted by atomic mass is 10.0. The van der Waals surface area contributed by atoms with Crippen LogP contribution in [0.2, 0.25) is 0 Å². The molecule has 2 aromatic carbocycles. The van der Waals surface area contributed by atoms with E-state index in [1.54, 1.807) is 0 Å². The molecule has 4 heteroatoms. The van der Waals surface area contributed by atoms with Crippen molar-refractivity contribution in [1.82, 2.24) is 9.97 Å². The van der Waals surface area contributed by atoms with Crippen LogP contribution in [0, 0.1) is 13.8 Å². The fraction of sp³-hybridized carbons (Fsp3) is 0.125. The molecule has 0 aliphatic rings. The summed E-state index contributed by atoms with van der Waals surface area (Å²) < 4.78 is 0.972. The Morgan fingerprint density at radius 1 is 1.00 bits per heavy atom. The Labute approximate surface area is 126 Å². The quantitative estimate of drug-likeness (QED) is 0.726. The summed E-state index contributed by atoms with van der Waals surface area (Å²) in [5, 5.41) is 0.870. The van der Waals surface area contributed by atoms with Gasteiger partial charge in [-0.2, -0.15) is 0 Å². The van der Waals surface area contributed by atoms with Gasteiger partial charge in [0.1, 0.15) is 5.82 Å². The Kier molecular flexibility index (Phi) is 3.18. The second kappa shape index (κ2) is 4.87. The largest absolute Gasteiger partial charge is 0.383 e. The van der Waals surface area contributed by atoms with Gasteiger partial charge in [-0.05, 0) is 43.2 Å². The Hall–Kier alpha value is -1.94. The highest BCUT2D eigenvalue weighted by Gasteiger charge is 2.11. The van der Waals surface area contributed by atoms with Crippen LogP contribution in [0.3, 0.4) is 0 Å². The third-order valence-electron chi connectivity index (χ3n) is 3.39. The van der Waals surface area contributed by atoms with E-state index in [1.165, 1.54) is 0 Å². The lowest BCUT2D eigenvalue weighted by molar-refractivity contribution is 1.20. The van der Waals surface area contributed by atoms with E-state index < -0.39 is 0 Å². The van der Waals surface area contributed by atoms with Gasteiger partial charge < -0.3 is 5.73 Å². The maximum atomic E-state index is 6.09. The van der Waals surface area contributed by atoms with Crippen LogP contribution in [0.15, 0.2) is 40.9 Å². The number of nitrogens with zero attached hydrogens (tertiary/aromatic N) is 2. The van der Waals surface area contributed by atoms with Crippen molar-refractivity contribution in [1.29, 1.82) is 0 Å². The normalized spacial score (nSPS) is 10.9. The van der Waals surface area contributed by atoms with E-state index in [0.29, 0.717) is 11.6 Å². The molecule has 3 rings (SSSR count). The van der Waals surface area contributed by atoms with Crippen molar-refractivity contribution >= 4 is 32.7 Å². The average Bonchev–Trinajstić information content (AvgIpc) is 2.39. The van der Waals surface area contributed by atoms with Crippen LogP contribution in [0.4, 0.5) is 5.82 Å². The Balaban J connectivity index is 2.31. The second-order valence-corrected chi connectivity index (χ2v) is 5.78. The molecule has 0 saturated heterocycles. The summed E-state index contributed by atoms with van der Waals surface area (Å²) >= 11 is 3.44. The third-order valence-corrected chi connectivity index (χ3v) is 3.89. The lowest BCUT2D eigenvalue weighted by Crippen LogP contribution is -2.00. The molecule has 0 atom stereocenters. The van der Waals surface area contributed by atoms with Crippen molar-refractivity contribution in [3.63, 3.8) is 0 Å². The highest BCUT2D eigenvalue weighted by atomic mass is 79.9. The summed E-state index contributed by atoms with van der Waals surface area (Å²) in [4.78, 5) is 9.14. The molecule has 0 aliphatic heterocycles. The van der Waals surface area contributed by atoms with Crippen LogP contribution in [0.25, 0.3) is 22.3 Å². The maximum Gasteiger partial charge on any atom is 0.162 e. The Morgan fingerprint density at radius 2 is 1.70 bits per heavy atom. The average molecular weight is 328 g/mol. The van der Waals surface area contributed by atoms with Gasteiger partial charge in [0.05, 0.1) is 5.52 Å². The number of hydrogen-bond acceptors (Lipinski definition) is 3. The van der Waals surface area contributed by atoms with Crippen molar-refractivity contribution in [2.24, 2.45) is 0 Å². The standard InChI is InChI=1S/C16H14BrN3/c1-9-4-3-5-10(2)14(9)16-19-13-7-6-11(17)8-12(13)15(18)20-16/h3-8H,1-2H3,(H2,18,19,20). The van der Waals surface area contributed by atoms with Crippen LogP contribution in [0.1, 0.15) is 11.1 Å². The summed E-state index contributed by atoms with van der Waals surface area (Å²) in [5.41, 5.74) is 10.3. The topological polar surface area (TPSA) is 51.8 Å².